The third-order valence-corrected chi connectivity index (χ3v) is 10.7. The van der Waals surface area contributed by atoms with E-state index in [0.717, 1.165) is 12.8 Å². The van der Waals surface area contributed by atoms with Crippen LogP contribution in [0, 0.1) is 0 Å². The lowest BCUT2D eigenvalue weighted by Gasteiger charge is -2.31. The third-order valence-electron chi connectivity index (χ3n) is 10.7. The molecule has 0 bridgehead atoms. The standard InChI is InChI=1S/C45H34/c1-3-45(4-2)40-27-26-30(28-39(40)43-33-20-10-8-18-31(33)32-19-9-15-25-38(32)44(43)45)42-36-23-13-11-21-34(36)41(29-16-6-5-7-17-29)35-22-12-14-24-37(35)42/h5-28H,3-4H2,1-2H3. The van der Waals surface area contributed by atoms with Crippen LogP contribution in [0.3, 0.4) is 0 Å². The molecule has 1 aliphatic carbocycles. The summed E-state index contributed by atoms with van der Waals surface area (Å²) in [7, 11) is 0. The summed E-state index contributed by atoms with van der Waals surface area (Å²) in [5, 5.41) is 10.7. The maximum Gasteiger partial charge on any atom is 0.0216 e. The second-order valence-electron chi connectivity index (χ2n) is 12.6. The van der Waals surface area contributed by atoms with Crippen LogP contribution in [0.1, 0.15) is 37.8 Å². The predicted molar refractivity (Wildman–Crippen MR) is 194 cm³/mol. The highest BCUT2D eigenvalue weighted by molar-refractivity contribution is 6.22. The fourth-order valence-electron chi connectivity index (χ4n) is 8.72. The van der Waals surface area contributed by atoms with Gasteiger partial charge in [-0.3, -0.25) is 0 Å². The number of benzene rings is 8. The molecule has 8 aromatic carbocycles. The zero-order valence-corrected chi connectivity index (χ0v) is 25.8. The first-order chi connectivity index (χ1) is 22.2. The predicted octanol–water partition coefficient (Wildman–Crippen LogP) is 12.7. The highest BCUT2D eigenvalue weighted by atomic mass is 14.5. The molecule has 0 unspecified atom stereocenters. The highest BCUT2D eigenvalue weighted by Crippen LogP contribution is 2.58. The molecule has 0 saturated carbocycles. The summed E-state index contributed by atoms with van der Waals surface area (Å²) in [4.78, 5) is 0. The summed E-state index contributed by atoms with van der Waals surface area (Å²) >= 11 is 0. The van der Waals surface area contributed by atoms with Crippen LogP contribution in [-0.2, 0) is 5.41 Å². The van der Waals surface area contributed by atoms with Crippen molar-refractivity contribution in [1.29, 1.82) is 0 Å². The van der Waals surface area contributed by atoms with Crippen LogP contribution in [0.25, 0.3) is 76.5 Å². The van der Waals surface area contributed by atoms with Crippen LogP contribution < -0.4 is 0 Å². The van der Waals surface area contributed by atoms with Crippen LogP contribution in [0.2, 0.25) is 0 Å². The molecule has 0 heterocycles. The van der Waals surface area contributed by atoms with E-state index in [9.17, 15) is 0 Å². The van der Waals surface area contributed by atoms with Gasteiger partial charge in [0, 0.05) is 5.41 Å². The Labute approximate surface area is 264 Å². The first-order valence-electron chi connectivity index (χ1n) is 16.3. The number of fused-ring (bicyclic) bond motifs is 10. The second-order valence-corrected chi connectivity index (χ2v) is 12.6. The normalized spacial score (nSPS) is 13.5. The zero-order valence-electron chi connectivity index (χ0n) is 25.8. The molecule has 9 rings (SSSR count). The van der Waals surface area contributed by atoms with E-state index >= 15 is 0 Å². The van der Waals surface area contributed by atoms with Gasteiger partial charge >= 0.3 is 0 Å². The number of rotatable bonds is 4. The minimum atomic E-state index is -0.0197. The lowest BCUT2D eigenvalue weighted by Crippen LogP contribution is -2.23. The van der Waals surface area contributed by atoms with Crippen LogP contribution in [0.15, 0.2) is 146 Å². The molecule has 0 heteroatoms. The third kappa shape index (κ3) is 3.54. The van der Waals surface area contributed by atoms with E-state index < -0.39 is 0 Å². The van der Waals surface area contributed by atoms with E-state index in [1.807, 2.05) is 0 Å². The average Bonchev–Trinajstić information content (AvgIpc) is 3.41. The lowest BCUT2D eigenvalue weighted by molar-refractivity contribution is 0.494. The quantitative estimate of drug-likeness (QED) is 0.145. The van der Waals surface area contributed by atoms with Gasteiger partial charge in [-0.15, -0.1) is 0 Å². The minimum Gasteiger partial charge on any atom is -0.0642 e. The van der Waals surface area contributed by atoms with Crippen molar-refractivity contribution in [2.24, 2.45) is 0 Å². The largest absolute Gasteiger partial charge is 0.0642 e. The molecule has 0 radical (unpaired) electrons. The molecule has 0 fully saturated rings. The van der Waals surface area contributed by atoms with Gasteiger partial charge in [-0.25, -0.2) is 0 Å². The van der Waals surface area contributed by atoms with E-state index in [2.05, 4.69) is 159 Å². The van der Waals surface area contributed by atoms with Gasteiger partial charge in [0.1, 0.15) is 0 Å². The molecule has 1 aliphatic rings. The monoisotopic (exact) mass is 574 g/mol. The Balaban J connectivity index is 1.42. The van der Waals surface area contributed by atoms with Crippen LogP contribution in [0.4, 0.5) is 0 Å². The van der Waals surface area contributed by atoms with Gasteiger partial charge in [0.25, 0.3) is 0 Å². The van der Waals surface area contributed by atoms with E-state index in [1.54, 1.807) is 0 Å². The molecule has 0 atom stereocenters. The van der Waals surface area contributed by atoms with Crippen molar-refractivity contribution in [2.75, 3.05) is 0 Å². The fraction of sp³-hybridized carbons (Fsp3) is 0.111. The molecule has 45 heavy (non-hydrogen) atoms. The first-order valence-corrected chi connectivity index (χ1v) is 16.3. The molecule has 0 amide bonds. The van der Waals surface area contributed by atoms with Crippen LogP contribution in [-0.4, -0.2) is 0 Å². The Hall–Kier alpha value is -5.20. The molecular formula is C45H34. The SMILES string of the molecule is CCC1(CC)c2ccc(-c3c4ccccc4c(-c4ccccc4)c4ccccc34)cc2-c2c1c1ccccc1c1ccccc21. The van der Waals surface area contributed by atoms with Crippen molar-refractivity contribution >= 4 is 43.1 Å². The Morgan fingerprint density at radius 2 is 0.800 bits per heavy atom. The molecule has 0 saturated heterocycles. The zero-order chi connectivity index (χ0) is 30.1. The molecular weight excluding hydrogens is 540 g/mol. The van der Waals surface area contributed by atoms with E-state index in [-0.39, 0.29) is 5.41 Å². The maximum absolute atomic E-state index is 2.53. The fourth-order valence-corrected chi connectivity index (χ4v) is 8.72. The van der Waals surface area contributed by atoms with E-state index in [4.69, 9.17) is 0 Å². The molecule has 8 aromatic rings. The van der Waals surface area contributed by atoms with Gasteiger partial charge in [0.15, 0.2) is 0 Å². The average molecular weight is 575 g/mol. The van der Waals surface area contributed by atoms with Crippen molar-refractivity contribution < 1.29 is 0 Å². The van der Waals surface area contributed by atoms with Gasteiger partial charge in [-0.05, 0) is 107 Å². The van der Waals surface area contributed by atoms with Crippen molar-refractivity contribution in [3.8, 4) is 33.4 Å². The summed E-state index contributed by atoms with van der Waals surface area (Å²) in [6.07, 6.45) is 2.14. The second kappa shape index (κ2) is 9.91. The van der Waals surface area contributed by atoms with Gasteiger partial charge in [0.05, 0.1) is 0 Å². The number of hydrogen-bond acceptors (Lipinski definition) is 0. The van der Waals surface area contributed by atoms with Gasteiger partial charge in [-0.2, -0.15) is 0 Å². The summed E-state index contributed by atoms with van der Waals surface area (Å²) in [5.74, 6) is 0. The Kier molecular flexibility index (Phi) is 5.77. The molecule has 0 N–H and O–H groups in total. The Morgan fingerprint density at radius 3 is 1.33 bits per heavy atom. The van der Waals surface area contributed by atoms with Crippen molar-refractivity contribution in [3.63, 3.8) is 0 Å². The van der Waals surface area contributed by atoms with E-state index in [1.165, 1.54) is 87.6 Å². The minimum absolute atomic E-state index is 0.0197. The maximum atomic E-state index is 2.53. The summed E-state index contributed by atoms with van der Waals surface area (Å²) in [6, 6.07) is 54.4. The molecule has 0 aliphatic heterocycles. The first kappa shape index (κ1) is 26.2. The lowest BCUT2D eigenvalue weighted by atomic mass is 9.72. The highest BCUT2D eigenvalue weighted by Gasteiger charge is 2.43. The van der Waals surface area contributed by atoms with Crippen LogP contribution in [0.5, 0.6) is 0 Å². The molecule has 214 valence electrons. The van der Waals surface area contributed by atoms with E-state index in [0.29, 0.717) is 0 Å². The Morgan fingerprint density at radius 1 is 0.378 bits per heavy atom. The number of hydrogen-bond donors (Lipinski definition) is 0. The van der Waals surface area contributed by atoms with Gasteiger partial charge < -0.3 is 0 Å². The smallest absolute Gasteiger partial charge is 0.0216 e. The Bertz CT molecular complexity index is 2380. The van der Waals surface area contributed by atoms with Crippen molar-refractivity contribution in [2.45, 2.75) is 32.1 Å². The molecule has 0 spiro atoms. The summed E-state index contributed by atoms with van der Waals surface area (Å²) < 4.78 is 0. The van der Waals surface area contributed by atoms with Gasteiger partial charge in [0.2, 0.25) is 0 Å². The topological polar surface area (TPSA) is 0 Å². The summed E-state index contributed by atoms with van der Waals surface area (Å²) in [6.45, 7) is 4.76. The molecule has 0 aromatic heterocycles. The molecule has 0 nitrogen and oxygen atoms in total. The van der Waals surface area contributed by atoms with Crippen LogP contribution >= 0.6 is 0 Å². The van der Waals surface area contributed by atoms with Crippen molar-refractivity contribution in [3.05, 3.63) is 157 Å². The van der Waals surface area contributed by atoms with Crippen molar-refractivity contribution in [1.82, 2.24) is 0 Å². The van der Waals surface area contributed by atoms with Gasteiger partial charge in [-0.1, -0.05) is 153 Å². The summed E-state index contributed by atoms with van der Waals surface area (Å²) in [5.41, 5.74) is 11.0.